The van der Waals surface area contributed by atoms with E-state index in [0.29, 0.717) is 22.0 Å². The van der Waals surface area contributed by atoms with Crippen molar-refractivity contribution in [1.82, 2.24) is 0 Å². The van der Waals surface area contributed by atoms with E-state index in [1.807, 2.05) is 18.2 Å². The minimum Gasteiger partial charge on any atom is -0.497 e. The van der Waals surface area contributed by atoms with Gasteiger partial charge >= 0.3 is 5.97 Å². The summed E-state index contributed by atoms with van der Waals surface area (Å²) in [6.07, 6.45) is -0.464. The highest BCUT2D eigenvalue weighted by Gasteiger charge is 2.25. The van der Waals surface area contributed by atoms with Crippen LogP contribution >= 0.6 is 11.6 Å². The molecule has 0 spiro atoms. The van der Waals surface area contributed by atoms with Crippen LogP contribution in [0.15, 0.2) is 72.8 Å². The zero-order valence-corrected chi connectivity index (χ0v) is 18.5. The number of esters is 1. The summed E-state index contributed by atoms with van der Waals surface area (Å²) in [4.78, 5) is 39.6. The normalized spacial score (nSPS) is 10.3. The quantitative estimate of drug-likeness (QED) is 0.282. The third-order valence-electron chi connectivity index (χ3n) is 4.85. The number of anilines is 1. The second-order valence-electron chi connectivity index (χ2n) is 6.94. The lowest BCUT2D eigenvalue weighted by molar-refractivity contribution is -0.143. The number of amides is 1. The third-order valence-corrected chi connectivity index (χ3v) is 5.09. The van der Waals surface area contributed by atoms with Crippen LogP contribution in [0.3, 0.4) is 0 Å². The maximum absolute atomic E-state index is 13.3. The fourth-order valence-electron chi connectivity index (χ4n) is 3.18. The average molecular weight is 452 g/mol. The Morgan fingerprint density at radius 1 is 0.906 bits per heavy atom. The van der Waals surface area contributed by atoms with E-state index in [1.165, 1.54) is 18.1 Å². The van der Waals surface area contributed by atoms with Gasteiger partial charge < -0.3 is 14.4 Å². The number of nitrogens with zero attached hydrogens (tertiary/aromatic N) is 1. The monoisotopic (exact) mass is 451 g/mol. The number of ketones is 1. The minimum absolute atomic E-state index is 0.135. The van der Waals surface area contributed by atoms with Crippen molar-refractivity contribution < 1.29 is 23.9 Å². The summed E-state index contributed by atoms with van der Waals surface area (Å²) in [5.74, 6) is -0.780. The van der Waals surface area contributed by atoms with Crippen molar-refractivity contribution >= 4 is 34.9 Å². The number of methoxy groups -OCH3 is 2. The smallest absolute Gasteiger partial charge is 0.315 e. The van der Waals surface area contributed by atoms with E-state index in [0.717, 1.165) is 5.56 Å². The van der Waals surface area contributed by atoms with E-state index in [2.05, 4.69) is 4.74 Å². The predicted molar refractivity (Wildman–Crippen MR) is 122 cm³/mol. The second-order valence-corrected chi connectivity index (χ2v) is 7.37. The number of ether oxygens (including phenoxy) is 2. The van der Waals surface area contributed by atoms with Crippen LogP contribution in [0.4, 0.5) is 5.69 Å². The average Bonchev–Trinajstić information content (AvgIpc) is 2.83. The minimum atomic E-state index is -0.667. The summed E-state index contributed by atoms with van der Waals surface area (Å²) in [7, 11) is 2.78. The van der Waals surface area contributed by atoms with Crippen LogP contribution < -0.4 is 9.64 Å². The molecule has 0 unspecified atom stereocenters. The van der Waals surface area contributed by atoms with Crippen LogP contribution in [-0.2, 0) is 20.9 Å². The van der Waals surface area contributed by atoms with Crippen molar-refractivity contribution in [1.29, 1.82) is 0 Å². The van der Waals surface area contributed by atoms with Gasteiger partial charge in [-0.2, -0.15) is 0 Å². The summed E-state index contributed by atoms with van der Waals surface area (Å²) in [5, 5.41) is 0.359. The molecule has 0 aliphatic heterocycles. The van der Waals surface area contributed by atoms with Gasteiger partial charge in [-0.15, -0.1) is 0 Å². The van der Waals surface area contributed by atoms with Gasteiger partial charge in [0.2, 0.25) is 5.91 Å². The van der Waals surface area contributed by atoms with Gasteiger partial charge in [-0.3, -0.25) is 14.4 Å². The Balaban J connectivity index is 2.05. The molecule has 32 heavy (non-hydrogen) atoms. The van der Waals surface area contributed by atoms with Crippen molar-refractivity contribution in [2.24, 2.45) is 0 Å². The molecule has 0 aromatic heterocycles. The van der Waals surface area contributed by atoms with E-state index < -0.39 is 18.3 Å². The molecule has 0 fully saturated rings. The van der Waals surface area contributed by atoms with Gasteiger partial charge in [0.25, 0.3) is 0 Å². The number of carbonyl (C=O) groups excluding carboxylic acids is 3. The molecule has 6 nitrogen and oxygen atoms in total. The van der Waals surface area contributed by atoms with Crippen LogP contribution in [-0.4, -0.2) is 31.9 Å². The molecule has 1 amide bonds. The van der Waals surface area contributed by atoms with Crippen molar-refractivity contribution in [2.45, 2.75) is 13.0 Å². The zero-order valence-electron chi connectivity index (χ0n) is 17.7. The molecule has 3 aromatic carbocycles. The fraction of sp³-hybridized carbons (Fsp3) is 0.160. The summed E-state index contributed by atoms with van der Waals surface area (Å²) in [5.41, 5.74) is 1.86. The Hall–Kier alpha value is -3.64. The molecule has 7 heteroatoms. The molecular formula is C25H22ClNO5. The largest absolute Gasteiger partial charge is 0.497 e. The number of rotatable bonds is 8. The van der Waals surface area contributed by atoms with Gasteiger partial charge in [-0.05, 0) is 35.9 Å². The van der Waals surface area contributed by atoms with E-state index in [1.54, 1.807) is 55.6 Å². The molecule has 0 atom stereocenters. The summed E-state index contributed by atoms with van der Waals surface area (Å²) >= 11 is 6.19. The van der Waals surface area contributed by atoms with Crippen molar-refractivity contribution in [3.63, 3.8) is 0 Å². The standard InChI is InChI=1S/C25H22ClNO5/c1-31-20-11-8-17(9-12-20)16-27(23(28)15-24(29)32-2)22-13-10-19(26)14-21(22)25(30)18-6-4-3-5-7-18/h3-14H,15-16H2,1-2H3. The Labute approximate surface area is 191 Å². The number of hydrogen-bond acceptors (Lipinski definition) is 5. The van der Waals surface area contributed by atoms with Gasteiger partial charge in [0.05, 0.1) is 26.5 Å². The Kier molecular flexibility index (Phi) is 7.63. The highest BCUT2D eigenvalue weighted by atomic mass is 35.5. The molecule has 0 N–H and O–H groups in total. The SMILES string of the molecule is COC(=O)CC(=O)N(Cc1ccc(OC)cc1)c1ccc(Cl)cc1C(=O)c1ccccc1. The molecule has 3 rings (SSSR count). The fourth-order valence-corrected chi connectivity index (χ4v) is 3.35. The Bertz CT molecular complexity index is 1110. The van der Waals surface area contributed by atoms with Gasteiger partial charge in [-0.1, -0.05) is 54.1 Å². The van der Waals surface area contributed by atoms with Gasteiger partial charge in [0.1, 0.15) is 12.2 Å². The molecule has 164 valence electrons. The summed E-state index contributed by atoms with van der Waals surface area (Å²) in [6, 6.07) is 20.6. The molecule has 0 radical (unpaired) electrons. The predicted octanol–water partition coefficient (Wildman–Crippen LogP) is 4.68. The Morgan fingerprint density at radius 2 is 1.59 bits per heavy atom. The topological polar surface area (TPSA) is 72.9 Å². The highest BCUT2D eigenvalue weighted by Crippen LogP contribution is 2.29. The molecule has 0 aliphatic carbocycles. The second kappa shape index (κ2) is 10.6. The number of halogens is 1. The lowest BCUT2D eigenvalue weighted by Gasteiger charge is -2.25. The van der Waals surface area contributed by atoms with Gasteiger partial charge in [0, 0.05) is 16.1 Å². The molecule has 0 saturated heterocycles. The zero-order chi connectivity index (χ0) is 23.1. The lowest BCUT2D eigenvalue weighted by Crippen LogP contribution is -2.33. The van der Waals surface area contributed by atoms with Crippen molar-refractivity contribution in [3.8, 4) is 5.75 Å². The van der Waals surface area contributed by atoms with Crippen molar-refractivity contribution in [2.75, 3.05) is 19.1 Å². The lowest BCUT2D eigenvalue weighted by atomic mass is 10.0. The maximum Gasteiger partial charge on any atom is 0.315 e. The molecule has 0 aliphatic rings. The van der Waals surface area contributed by atoms with Crippen molar-refractivity contribution in [3.05, 3.63) is 94.5 Å². The van der Waals surface area contributed by atoms with E-state index in [-0.39, 0.29) is 17.9 Å². The third kappa shape index (κ3) is 5.53. The van der Waals surface area contributed by atoms with Crippen LogP contribution in [0.2, 0.25) is 5.02 Å². The number of benzene rings is 3. The molecule has 0 bridgehead atoms. The Morgan fingerprint density at radius 3 is 2.22 bits per heavy atom. The van der Waals surface area contributed by atoms with Gasteiger partial charge in [-0.25, -0.2) is 0 Å². The summed E-state index contributed by atoms with van der Waals surface area (Å²) < 4.78 is 9.85. The van der Waals surface area contributed by atoms with Crippen LogP contribution in [0.5, 0.6) is 5.75 Å². The molecule has 3 aromatic rings. The van der Waals surface area contributed by atoms with Crippen LogP contribution in [0.25, 0.3) is 0 Å². The number of hydrogen-bond donors (Lipinski definition) is 0. The summed E-state index contributed by atoms with van der Waals surface area (Å²) in [6.45, 7) is 0.135. The van der Waals surface area contributed by atoms with Crippen LogP contribution in [0, 0.1) is 0 Å². The first kappa shape index (κ1) is 23.0. The first-order valence-corrected chi connectivity index (χ1v) is 10.2. The molecule has 0 heterocycles. The first-order valence-electron chi connectivity index (χ1n) is 9.82. The number of carbonyl (C=O) groups is 3. The molecule has 0 saturated carbocycles. The van der Waals surface area contributed by atoms with E-state index >= 15 is 0 Å². The van der Waals surface area contributed by atoms with E-state index in [9.17, 15) is 14.4 Å². The van der Waals surface area contributed by atoms with Crippen LogP contribution in [0.1, 0.15) is 27.9 Å². The van der Waals surface area contributed by atoms with Gasteiger partial charge in [0.15, 0.2) is 5.78 Å². The maximum atomic E-state index is 13.3. The van der Waals surface area contributed by atoms with E-state index in [4.69, 9.17) is 16.3 Å². The first-order chi connectivity index (χ1) is 15.4. The highest BCUT2D eigenvalue weighted by molar-refractivity contribution is 6.31. The molecular weight excluding hydrogens is 430 g/mol.